The number of nitrogens with zero attached hydrogens (tertiary/aromatic N) is 1. The zero-order valence-electron chi connectivity index (χ0n) is 19.1. The molecular formula is C25H30F2N2O4S. The Labute approximate surface area is 202 Å². The number of rotatable bonds is 7. The molecule has 1 amide bonds. The van der Waals surface area contributed by atoms with Crippen LogP contribution < -0.4 is 5.48 Å². The van der Waals surface area contributed by atoms with E-state index in [1.54, 1.807) is 11.9 Å². The third kappa shape index (κ3) is 4.98. The number of allylic oxidation sites excluding steroid dienone is 3. The van der Waals surface area contributed by atoms with Gasteiger partial charge in [0, 0.05) is 29.0 Å². The first-order valence-electron chi connectivity index (χ1n) is 11.7. The summed E-state index contributed by atoms with van der Waals surface area (Å²) in [7, 11) is 0. The number of carbonyl (C=O) groups is 2. The van der Waals surface area contributed by atoms with Gasteiger partial charge in [0.05, 0.1) is 17.9 Å². The number of carbonyl (C=O) groups excluding carboxylic acids is 2. The zero-order chi connectivity index (χ0) is 24.5. The second-order valence-electron chi connectivity index (χ2n) is 9.48. The van der Waals surface area contributed by atoms with Crippen LogP contribution in [0.1, 0.15) is 63.0 Å². The van der Waals surface area contributed by atoms with Crippen molar-refractivity contribution in [3.63, 3.8) is 0 Å². The molecule has 0 bridgehead atoms. The first-order chi connectivity index (χ1) is 16.2. The molecule has 2 atom stereocenters. The minimum Gasteiger partial charge on any atom is -0.393 e. The zero-order valence-corrected chi connectivity index (χ0v) is 19.9. The maximum absolute atomic E-state index is 15.3. The Balaban J connectivity index is 1.55. The van der Waals surface area contributed by atoms with Crippen LogP contribution in [0.5, 0.6) is 0 Å². The van der Waals surface area contributed by atoms with Crippen molar-refractivity contribution in [2.45, 2.75) is 81.2 Å². The SMILES string of the molecule is C[C@H]1CCC(C2=CCCC=C2)SN1Cc1cc(F)c(C2(C(=O)CC(=O)NO)CC(O)C2)cc1F. The van der Waals surface area contributed by atoms with E-state index in [0.29, 0.717) is 0 Å². The molecule has 3 aliphatic rings. The third-order valence-electron chi connectivity index (χ3n) is 7.12. The fraction of sp³-hybridized carbons (Fsp3) is 0.520. The molecule has 0 radical (unpaired) electrons. The molecule has 34 heavy (non-hydrogen) atoms. The maximum atomic E-state index is 15.3. The lowest BCUT2D eigenvalue weighted by molar-refractivity contribution is -0.140. The summed E-state index contributed by atoms with van der Waals surface area (Å²) in [6.07, 6.45) is 8.92. The van der Waals surface area contributed by atoms with Crippen molar-refractivity contribution in [2.75, 3.05) is 0 Å². The van der Waals surface area contributed by atoms with Crippen molar-refractivity contribution in [3.05, 3.63) is 58.7 Å². The van der Waals surface area contributed by atoms with Crippen LogP contribution in [0.4, 0.5) is 8.78 Å². The number of benzene rings is 1. The lowest BCUT2D eigenvalue weighted by Gasteiger charge is -2.44. The molecular weight excluding hydrogens is 462 g/mol. The topological polar surface area (TPSA) is 89.9 Å². The number of amides is 1. The molecule has 1 aromatic rings. The smallest absolute Gasteiger partial charge is 0.250 e. The van der Waals surface area contributed by atoms with Gasteiger partial charge in [0.2, 0.25) is 0 Å². The first-order valence-corrected chi connectivity index (χ1v) is 12.5. The molecule has 2 aliphatic carbocycles. The minimum atomic E-state index is -1.48. The molecule has 184 valence electrons. The van der Waals surface area contributed by atoms with E-state index in [4.69, 9.17) is 5.21 Å². The van der Waals surface area contributed by atoms with Gasteiger partial charge in [-0.25, -0.2) is 18.6 Å². The second kappa shape index (κ2) is 10.3. The standard InChI is InChI=1S/C25H30F2N2O4S/c1-15-7-8-22(16-5-3-2-4-6-16)34-29(15)14-17-9-21(27)19(10-20(17)26)25(12-18(30)13-25)23(31)11-24(32)28-33/h3,5-6,9-10,15,18,22,30,33H,2,4,7-8,11-14H2,1H3,(H,28,32)/t15-,18?,22?,25?/m0/s1. The number of aliphatic hydroxyl groups is 1. The predicted octanol–water partition coefficient (Wildman–Crippen LogP) is 4.10. The summed E-state index contributed by atoms with van der Waals surface area (Å²) in [5, 5.41) is 18.9. The number of halogens is 2. The molecule has 2 fully saturated rings. The van der Waals surface area contributed by atoms with E-state index in [1.165, 1.54) is 11.1 Å². The van der Waals surface area contributed by atoms with Gasteiger partial charge in [-0.1, -0.05) is 30.2 Å². The van der Waals surface area contributed by atoms with Crippen molar-refractivity contribution in [1.29, 1.82) is 0 Å². The van der Waals surface area contributed by atoms with Gasteiger partial charge in [-0.15, -0.1) is 0 Å². The minimum absolute atomic E-state index is 0.0937. The summed E-state index contributed by atoms with van der Waals surface area (Å²) in [6, 6.07) is 2.37. The van der Waals surface area contributed by atoms with E-state index < -0.39 is 41.3 Å². The van der Waals surface area contributed by atoms with E-state index in [1.807, 2.05) is 0 Å². The molecule has 1 heterocycles. The lowest BCUT2D eigenvalue weighted by Crippen LogP contribution is -2.52. The summed E-state index contributed by atoms with van der Waals surface area (Å²) in [4.78, 5) is 24.3. The van der Waals surface area contributed by atoms with Gasteiger partial charge in [0.25, 0.3) is 5.91 Å². The largest absolute Gasteiger partial charge is 0.393 e. The van der Waals surface area contributed by atoms with E-state index in [-0.39, 0.29) is 41.8 Å². The molecule has 6 nitrogen and oxygen atoms in total. The highest BCUT2D eigenvalue weighted by Crippen LogP contribution is 2.47. The molecule has 4 rings (SSSR count). The predicted molar refractivity (Wildman–Crippen MR) is 125 cm³/mol. The monoisotopic (exact) mass is 492 g/mol. The van der Waals surface area contributed by atoms with Crippen LogP contribution in [0.15, 0.2) is 35.9 Å². The number of Topliss-reactive ketones (excluding diaryl/α,β-unsaturated/α-hetero) is 1. The third-order valence-corrected chi connectivity index (χ3v) is 8.64. The van der Waals surface area contributed by atoms with Crippen molar-refractivity contribution in [3.8, 4) is 0 Å². The number of hydrogen-bond donors (Lipinski definition) is 3. The highest BCUT2D eigenvalue weighted by atomic mass is 32.2. The van der Waals surface area contributed by atoms with Crippen molar-refractivity contribution in [2.24, 2.45) is 0 Å². The number of aliphatic hydroxyl groups excluding tert-OH is 1. The Morgan fingerprint density at radius 2 is 1.97 bits per heavy atom. The summed E-state index contributed by atoms with van der Waals surface area (Å²) in [5.74, 6) is -2.95. The van der Waals surface area contributed by atoms with Gasteiger partial charge < -0.3 is 5.11 Å². The average molecular weight is 493 g/mol. The van der Waals surface area contributed by atoms with E-state index in [2.05, 4.69) is 29.5 Å². The number of nitrogens with one attached hydrogen (secondary N) is 1. The fourth-order valence-corrected chi connectivity index (χ4v) is 6.48. The highest BCUT2D eigenvalue weighted by Gasteiger charge is 2.52. The molecule has 1 saturated heterocycles. The van der Waals surface area contributed by atoms with Crippen molar-refractivity contribution >= 4 is 23.6 Å². The highest BCUT2D eigenvalue weighted by molar-refractivity contribution is 7.97. The Hall–Kier alpha value is -2.07. The van der Waals surface area contributed by atoms with E-state index >= 15 is 8.78 Å². The molecule has 1 aliphatic heterocycles. The van der Waals surface area contributed by atoms with Crippen molar-refractivity contribution in [1.82, 2.24) is 9.79 Å². The number of hydrogen-bond acceptors (Lipinski definition) is 6. The summed E-state index contributed by atoms with van der Waals surface area (Å²) in [6.45, 7) is 2.30. The Morgan fingerprint density at radius 3 is 2.62 bits per heavy atom. The Kier molecular flexibility index (Phi) is 7.57. The molecule has 1 saturated carbocycles. The van der Waals surface area contributed by atoms with Crippen LogP contribution in [0.3, 0.4) is 0 Å². The van der Waals surface area contributed by atoms with Gasteiger partial charge in [-0.05, 0) is 63.2 Å². The van der Waals surface area contributed by atoms with E-state index in [0.717, 1.165) is 37.8 Å². The van der Waals surface area contributed by atoms with Gasteiger partial charge in [-0.3, -0.25) is 14.8 Å². The second-order valence-corrected chi connectivity index (χ2v) is 10.7. The lowest BCUT2D eigenvalue weighted by atomic mass is 9.59. The van der Waals surface area contributed by atoms with Gasteiger partial charge in [0.15, 0.2) is 5.78 Å². The van der Waals surface area contributed by atoms with Gasteiger partial charge in [0.1, 0.15) is 11.6 Å². The van der Waals surface area contributed by atoms with Gasteiger partial charge in [-0.2, -0.15) is 0 Å². The molecule has 1 aromatic carbocycles. The quantitative estimate of drug-likeness (QED) is 0.230. The number of hydroxylamine groups is 1. The maximum Gasteiger partial charge on any atom is 0.250 e. The summed E-state index contributed by atoms with van der Waals surface area (Å²) >= 11 is 1.66. The summed E-state index contributed by atoms with van der Waals surface area (Å²) in [5.41, 5.74) is 1.24. The van der Waals surface area contributed by atoms with Crippen LogP contribution in [-0.4, -0.2) is 43.7 Å². The molecule has 0 spiro atoms. The van der Waals surface area contributed by atoms with Crippen LogP contribution in [-0.2, 0) is 21.5 Å². The van der Waals surface area contributed by atoms with Crippen LogP contribution in [0.25, 0.3) is 0 Å². The van der Waals surface area contributed by atoms with Crippen LogP contribution in [0, 0.1) is 11.6 Å². The van der Waals surface area contributed by atoms with Gasteiger partial charge >= 0.3 is 0 Å². The molecule has 9 heteroatoms. The first kappa shape index (κ1) is 25.0. The van der Waals surface area contributed by atoms with E-state index in [9.17, 15) is 14.7 Å². The molecule has 0 aromatic heterocycles. The molecule has 1 unspecified atom stereocenters. The van der Waals surface area contributed by atoms with Crippen LogP contribution in [0.2, 0.25) is 0 Å². The van der Waals surface area contributed by atoms with Crippen molar-refractivity contribution < 1.29 is 28.7 Å². The van der Waals surface area contributed by atoms with Crippen LogP contribution >= 0.6 is 11.9 Å². The fourth-order valence-electron chi connectivity index (χ4n) is 5.09. The molecule has 3 N–H and O–H groups in total. The normalized spacial score (nSPS) is 29.3. The summed E-state index contributed by atoms with van der Waals surface area (Å²) < 4.78 is 32.6. The Bertz CT molecular complexity index is 1020. The average Bonchev–Trinajstić information content (AvgIpc) is 2.80. The number of ketones is 1. The Morgan fingerprint density at radius 1 is 1.21 bits per heavy atom.